The molecule has 0 aliphatic carbocycles. The van der Waals surface area contributed by atoms with E-state index in [1.807, 2.05) is 0 Å². The summed E-state index contributed by atoms with van der Waals surface area (Å²) in [6, 6.07) is 4.70. The van der Waals surface area contributed by atoms with E-state index >= 15 is 0 Å². The van der Waals surface area contributed by atoms with E-state index in [1.54, 1.807) is 12.1 Å². The number of sulfonamides is 1. The Morgan fingerprint density at radius 3 is 2.68 bits per heavy atom. The maximum absolute atomic E-state index is 12.0. The lowest BCUT2D eigenvalue weighted by Crippen LogP contribution is -2.12. The first-order valence-corrected chi connectivity index (χ1v) is 6.76. The Hall–Kier alpha value is -2.55. The molecule has 0 saturated heterocycles. The maximum Gasteiger partial charge on any atom is 0.323 e. The molecule has 0 aliphatic heterocycles. The lowest BCUT2D eigenvalue weighted by Gasteiger charge is -2.05. The minimum atomic E-state index is -3.68. The fourth-order valence-corrected chi connectivity index (χ4v) is 2.65. The molecule has 2 heterocycles. The van der Waals surface area contributed by atoms with Crippen LogP contribution in [0.15, 0.2) is 40.3 Å². The number of nitrogens with zero attached hydrogens (tertiary/aromatic N) is 1. The van der Waals surface area contributed by atoms with Gasteiger partial charge in [0.1, 0.15) is 4.90 Å². The van der Waals surface area contributed by atoms with Crippen LogP contribution in [0.2, 0.25) is 0 Å². The van der Waals surface area contributed by atoms with Gasteiger partial charge in [-0.05, 0) is 18.2 Å². The van der Waals surface area contributed by atoms with Crippen molar-refractivity contribution in [3.05, 3.63) is 41.1 Å². The molecule has 19 heavy (non-hydrogen) atoms. The number of imidazole rings is 1. The van der Waals surface area contributed by atoms with E-state index in [9.17, 15) is 13.2 Å². The summed E-state index contributed by atoms with van der Waals surface area (Å²) < 4.78 is 26.3. The van der Waals surface area contributed by atoms with Gasteiger partial charge >= 0.3 is 5.69 Å². The molecule has 0 amide bonds. The van der Waals surface area contributed by atoms with E-state index in [-0.39, 0.29) is 10.6 Å². The highest BCUT2D eigenvalue weighted by atomic mass is 32.2. The molecule has 0 unspecified atom stereocenters. The molecule has 0 saturated carbocycles. The highest BCUT2D eigenvalue weighted by Gasteiger charge is 2.15. The lowest BCUT2D eigenvalue weighted by atomic mass is 10.3. The Bertz CT molecular complexity index is 875. The molecule has 0 bridgehead atoms. The predicted octanol–water partition coefficient (Wildman–Crippen LogP) is 0.380. The number of benzene rings is 1. The maximum atomic E-state index is 12.0. The molecule has 8 nitrogen and oxygen atoms in total. The van der Waals surface area contributed by atoms with Crippen molar-refractivity contribution in [2.24, 2.45) is 0 Å². The first kappa shape index (κ1) is 11.5. The third kappa shape index (κ3) is 2.10. The van der Waals surface area contributed by atoms with Crippen molar-refractivity contribution in [3.8, 4) is 0 Å². The minimum Gasteiger partial charge on any atom is -0.306 e. The normalized spacial score (nSPS) is 11.8. The highest BCUT2D eigenvalue weighted by Crippen LogP contribution is 2.18. The van der Waals surface area contributed by atoms with Crippen molar-refractivity contribution in [1.82, 2.24) is 20.2 Å². The van der Waals surface area contributed by atoms with E-state index in [0.717, 1.165) is 0 Å². The Labute approximate surface area is 106 Å². The van der Waals surface area contributed by atoms with Crippen molar-refractivity contribution in [2.75, 3.05) is 4.72 Å². The van der Waals surface area contributed by atoms with E-state index in [0.29, 0.717) is 16.7 Å². The molecule has 2 aromatic heterocycles. The van der Waals surface area contributed by atoms with Crippen LogP contribution < -0.4 is 10.4 Å². The van der Waals surface area contributed by atoms with Gasteiger partial charge in [0.2, 0.25) is 0 Å². The van der Waals surface area contributed by atoms with Crippen LogP contribution in [0.3, 0.4) is 0 Å². The fourth-order valence-electron chi connectivity index (χ4n) is 1.70. The Kier molecular flexibility index (Phi) is 2.42. The van der Waals surface area contributed by atoms with Crippen LogP contribution in [-0.2, 0) is 10.0 Å². The first-order valence-electron chi connectivity index (χ1n) is 5.28. The summed E-state index contributed by atoms with van der Waals surface area (Å²) in [5, 5.41) is 6.02. The summed E-state index contributed by atoms with van der Waals surface area (Å²) in [5.74, 6) is 0. The van der Waals surface area contributed by atoms with Crippen LogP contribution in [0.5, 0.6) is 0 Å². The summed E-state index contributed by atoms with van der Waals surface area (Å²) in [6.45, 7) is 0. The molecule has 98 valence electrons. The number of H-pyrrole nitrogens is 3. The zero-order valence-electron chi connectivity index (χ0n) is 9.47. The number of fused-ring (bicyclic) bond motifs is 1. The van der Waals surface area contributed by atoms with Crippen molar-refractivity contribution < 1.29 is 8.42 Å². The van der Waals surface area contributed by atoms with Crippen molar-refractivity contribution in [2.45, 2.75) is 4.90 Å². The second kappa shape index (κ2) is 3.99. The lowest BCUT2D eigenvalue weighted by molar-refractivity contribution is 0.601. The van der Waals surface area contributed by atoms with Crippen LogP contribution in [0.4, 0.5) is 5.69 Å². The van der Waals surface area contributed by atoms with Gasteiger partial charge in [-0.1, -0.05) is 0 Å². The van der Waals surface area contributed by atoms with Crippen LogP contribution in [0.1, 0.15) is 0 Å². The van der Waals surface area contributed by atoms with Gasteiger partial charge in [-0.25, -0.2) is 13.2 Å². The third-order valence-corrected chi connectivity index (χ3v) is 3.90. The van der Waals surface area contributed by atoms with E-state index in [2.05, 4.69) is 24.9 Å². The number of rotatable bonds is 3. The van der Waals surface area contributed by atoms with Gasteiger partial charge < -0.3 is 9.97 Å². The summed E-state index contributed by atoms with van der Waals surface area (Å²) in [5.41, 5.74) is 1.14. The van der Waals surface area contributed by atoms with E-state index in [1.165, 1.54) is 18.5 Å². The molecule has 0 aliphatic rings. The van der Waals surface area contributed by atoms with Crippen LogP contribution in [0, 0.1) is 0 Å². The van der Waals surface area contributed by atoms with Crippen molar-refractivity contribution in [3.63, 3.8) is 0 Å². The summed E-state index contributed by atoms with van der Waals surface area (Å²) in [4.78, 5) is 16.3. The number of nitrogens with one attached hydrogen (secondary N) is 4. The zero-order chi connectivity index (χ0) is 13.5. The second-order valence-corrected chi connectivity index (χ2v) is 5.56. The highest BCUT2D eigenvalue weighted by molar-refractivity contribution is 7.92. The molecule has 3 rings (SSSR count). The average Bonchev–Trinajstić information content (AvgIpc) is 2.95. The van der Waals surface area contributed by atoms with Gasteiger partial charge in [-0.3, -0.25) is 9.82 Å². The molecule has 4 N–H and O–H groups in total. The van der Waals surface area contributed by atoms with Crippen molar-refractivity contribution in [1.29, 1.82) is 0 Å². The second-order valence-electron chi connectivity index (χ2n) is 3.88. The summed E-state index contributed by atoms with van der Waals surface area (Å²) in [7, 11) is -3.68. The van der Waals surface area contributed by atoms with Gasteiger partial charge in [0, 0.05) is 6.20 Å². The number of aromatic nitrogens is 4. The standard InChI is InChI=1S/C10H9N5O3S/c16-10-13-8-2-1-6(3-9(8)14-10)15-19(17,18)7-4-11-12-5-7/h1-5,15H,(H,11,12)(H2,13,14,16). The summed E-state index contributed by atoms with van der Waals surface area (Å²) >= 11 is 0. The van der Waals surface area contributed by atoms with Crippen molar-refractivity contribution >= 4 is 26.7 Å². The third-order valence-electron chi connectivity index (χ3n) is 2.55. The fraction of sp³-hybridized carbons (Fsp3) is 0. The Morgan fingerprint density at radius 1 is 1.16 bits per heavy atom. The first-order chi connectivity index (χ1) is 9.04. The Morgan fingerprint density at radius 2 is 1.95 bits per heavy atom. The SMILES string of the molecule is O=c1[nH]c2ccc(NS(=O)(=O)c3cn[nH]c3)cc2[nH]1. The van der Waals surface area contributed by atoms with Gasteiger partial charge in [0.25, 0.3) is 10.0 Å². The van der Waals surface area contributed by atoms with Crippen LogP contribution in [0.25, 0.3) is 11.0 Å². The molecule has 0 spiro atoms. The molecular weight excluding hydrogens is 270 g/mol. The predicted molar refractivity (Wildman–Crippen MR) is 68.3 cm³/mol. The number of anilines is 1. The summed E-state index contributed by atoms with van der Waals surface area (Å²) in [6.07, 6.45) is 2.48. The Balaban J connectivity index is 1.99. The largest absolute Gasteiger partial charge is 0.323 e. The monoisotopic (exact) mass is 279 g/mol. The zero-order valence-corrected chi connectivity index (χ0v) is 10.3. The molecule has 0 fully saturated rings. The molecular formula is C10H9N5O3S. The van der Waals surface area contributed by atoms with Gasteiger partial charge in [0.05, 0.1) is 22.9 Å². The molecule has 0 radical (unpaired) electrons. The molecule has 9 heteroatoms. The van der Waals surface area contributed by atoms with E-state index in [4.69, 9.17) is 0 Å². The average molecular weight is 279 g/mol. The smallest absolute Gasteiger partial charge is 0.306 e. The quantitative estimate of drug-likeness (QED) is 0.553. The van der Waals surface area contributed by atoms with Crippen LogP contribution in [-0.4, -0.2) is 28.6 Å². The van der Waals surface area contributed by atoms with E-state index < -0.39 is 10.0 Å². The number of hydrogen-bond donors (Lipinski definition) is 4. The molecule has 0 atom stereocenters. The minimum absolute atomic E-state index is 0.0372. The van der Waals surface area contributed by atoms with Gasteiger partial charge in [-0.2, -0.15) is 5.10 Å². The molecule has 1 aromatic carbocycles. The topological polar surface area (TPSA) is 124 Å². The van der Waals surface area contributed by atoms with Gasteiger partial charge in [-0.15, -0.1) is 0 Å². The number of aromatic amines is 3. The van der Waals surface area contributed by atoms with Gasteiger partial charge in [0.15, 0.2) is 0 Å². The number of hydrogen-bond acceptors (Lipinski definition) is 4. The molecule has 3 aromatic rings. The van der Waals surface area contributed by atoms with Crippen LogP contribution >= 0.6 is 0 Å².